The molecule has 130 valence electrons. The molecule has 0 radical (unpaired) electrons. The summed E-state index contributed by atoms with van der Waals surface area (Å²) in [4.78, 5) is 0. The van der Waals surface area contributed by atoms with Crippen molar-refractivity contribution < 1.29 is 0 Å². The Kier molecular flexibility index (Phi) is 3.31. The fourth-order valence-electron chi connectivity index (χ4n) is 4.79. The highest BCUT2D eigenvalue weighted by molar-refractivity contribution is 5.82. The van der Waals surface area contributed by atoms with Gasteiger partial charge in [-0.3, -0.25) is 0 Å². The zero-order valence-corrected chi connectivity index (χ0v) is 15.4. The molecule has 0 saturated carbocycles. The molecule has 0 atom stereocenters. The second kappa shape index (κ2) is 5.98. The Morgan fingerprint density at radius 2 is 0.607 bits per heavy atom. The first kappa shape index (κ1) is 15.5. The van der Waals surface area contributed by atoms with Crippen molar-refractivity contribution in [3.8, 4) is 34.1 Å². The first-order valence-corrected chi connectivity index (χ1v) is 9.79. The van der Waals surface area contributed by atoms with Crippen LogP contribution in [0.3, 0.4) is 0 Å². The number of hydrogen-bond donors (Lipinski definition) is 0. The monoisotopic (exact) mass is 354 g/mol. The molecular weight excluding hydrogens is 336 g/mol. The molecule has 0 unspecified atom stereocenters. The van der Waals surface area contributed by atoms with Gasteiger partial charge in [0.1, 0.15) is 0 Å². The predicted octanol–water partition coefficient (Wildman–Crippen LogP) is 6.61. The van der Waals surface area contributed by atoms with Gasteiger partial charge in [0.25, 0.3) is 0 Å². The number of rotatable bonds is 0. The van der Waals surface area contributed by atoms with Crippen LogP contribution >= 0.6 is 0 Å². The van der Waals surface area contributed by atoms with Crippen molar-refractivity contribution in [1.29, 1.82) is 0 Å². The molecule has 0 bridgehead atoms. The zero-order valence-electron chi connectivity index (χ0n) is 15.4. The highest BCUT2D eigenvalue weighted by Crippen LogP contribution is 2.46. The van der Waals surface area contributed by atoms with E-state index in [1.165, 1.54) is 44.5 Å². The molecule has 0 nitrogen and oxygen atoms in total. The summed E-state index contributed by atoms with van der Waals surface area (Å²) in [6.45, 7) is 0. The first-order chi connectivity index (χ1) is 13.9. The Labute approximate surface area is 165 Å². The third-order valence-electron chi connectivity index (χ3n) is 6.04. The molecule has 4 aromatic carbocycles. The molecule has 2 aliphatic rings. The Morgan fingerprint density at radius 3 is 0.893 bits per heavy atom. The van der Waals surface area contributed by atoms with Crippen LogP contribution < -0.4 is 0 Å². The average Bonchev–Trinajstić information content (AvgIpc) is 3.26. The van der Waals surface area contributed by atoms with Crippen molar-refractivity contribution in [2.75, 3.05) is 0 Å². The maximum Gasteiger partial charge on any atom is 0.0714 e. The summed E-state index contributed by atoms with van der Waals surface area (Å²) in [6.07, 6.45) is 0. The molecule has 0 heteroatoms. The summed E-state index contributed by atoms with van der Waals surface area (Å²) in [7, 11) is 0. The molecule has 0 aliphatic heterocycles. The molecule has 0 spiro atoms. The van der Waals surface area contributed by atoms with Crippen LogP contribution in [0, 0.1) is 11.8 Å². The van der Waals surface area contributed by atoms with Crippen LogP contribution in [0.5, 0.6) is 0 Å². The standard InChI is InChI=1S/C28H18/c1-5-13-23-19(9-1)20-10-2-6-14-24(20)27(23)17-18-28-25-15-7-3-11-21(25)22-12-4-8-16-26(22)28/h1-16,27-28H. The molecule has 0 N–H and O–H groups in total. The van der Waals surface area contributed by atoms with Gasteiger partial charge in [-0.2, -0.15) is 0 Å². The molecular formula is C28H18. The van der Waals surface area contributed by atoms with Crippen LogP contribution in [0.2, 0.25) is 0 Å². The maximum atomic E-state index is 3.67. The summed E-state index contributed by atoms with van der Waals surface area (Å²) < 4.78 is 0. The van der Waals surface area contributed by atoms with E-state index in [-0.39, 0.29) is 11.8 Å². The molecule has 0 heterocycles. The van der Waals surface area contributed by atoms with E-state index in [2.05, 4.69) is 109 Å². The lowest BCUT2D eigenvalue weighted by atomic mass is 9.93. The molecule has 6 rings (SSSR count). The SMILES string of the molecule is C(#CC1c2ccccc2-c2ccccc21)C1c2ccccc2-c2ccccc21. The smallest absolute Gasteiger partial charge is 0.0714 e. The van der Waals surface area contributed by atoms with Gasteiger partial charge in [0.2, 0.25) is 0 Å². The third-order valence-corrected chi connectivity index (χ3v) is 6.04. The van der Waals surface area contributed by atoms with Crippen LogP contribution in [0.4, 0.5) is 0 Å². The van der Waals surface area contributed by atoms with Crippen molar-refractivity contribution in [2.24, 2.45) is 0 Å². The normalized spacial score (nSPS) is 13.9. The van der Waals surface area contributed by atoms with Crippen LogP contribution in [0.25, 0.3) is 22.3 Å². The van der Waals surface area contributed by atoms with Crippen LogP contribution in [-0.4, -0.2) is 0 Å². The highest BCUT2D eigenvalue weighted by atomic mass is 14.3. The summed E-state index contributed by atoms with van der Waals surface area (Å²) in [5, 5.41) is 0. The number of hydrogen-bond acceptors (Lipinski definition) is 0. The Bertz CT molecular complexity index is 1090. The zero-order chi connectivity index (χ0) is 18.5. The fraction of sp³-hybridized carbons (Fsp3) is 0.0714. The lowest BCUT2D eigenvalue weighted by Crippen LogP contribution is -1.96. The van der Waals surface area contributed by atoms with Gasteiger partial charge in [0.15, 0.2) is 0 Å². The minimum atomic E-state index is 0.146. The van der Waals surface area contributed by atoms with E-state index in [1.807, 2.05) is 0 Å². The van der Waals surface area contributed by atoms with Crippen LogP contribution in [-0.2, 0) is 0 Å². The number of fused-ring (bicyclic) bond motifs is 6. The largest absolute Gasteiger partial charge is 0.0892 e. The van der Waals surface area contributed by atoms with Gasteiger partial charge >= 0.3 is 0 Å². The second-order valence-corrected chi connectivity index (χ2v) is 7.50. The predicted molar refractivity (Wildman–Crippen MR) is 115 cm³/mol. The van der Waals surface area contributed by atoms with Gasteiger partial charge < -0.3 is 0 Å². The van der Waals surface area contributed by atoms with E-state index in [4.69, 9.17) is 0 Å². The van der Waals surface area contributed by atoms with Crippen molar-refractivity contribution in [3.63, 3.8) is 0 Å². The lowest BCUT2D eigenvalue weighted by molar-refractivity contribution is 1.08. The van der Waals surface area contributed by atoms with E-state index in [0.29, 0.717) is 0 Å². The summed E-state index contributed by atoms with van der Waals surface area (Å²) >= 11 is 0. The van der Waals surface area contributed by atoms with Crippen LogP contribution in [0.15, 0.2) is 97.1 Å². The van der Waals surface area contributed by atoms with Gasteiger partial charge in [-0.1, -0.05) is 109 Å². The van der Waals surface area contributed by atoms with Gasteiger partial charge in [-0.05, 0) is 44.5 Å². The number of benzene rings is 4. The van der Waals surface area contributed by atoms with Crippen LogP contribution in [0.1, 0.15) is 34.1 Å². The van der Waals surface area contributed by atoms with E-state index in [9.17, 15) is 0 Å². The van der Waals surface area contributed by atoms with Crippen molar-refractivity contribution >= 4 is 0 Å². The molecule has 0 saturated heterocycles. The molecule has 4 aromatic rings. The quantitative estimate of drug-likeness (QED) is 0.311. The Balaban J connectivity index is 1.51. The molecule has 28 heavy (non-hydrogen) atoms. The Morgan fingerprint density at radius 1 is 0.357 bits per heavy atom. The topological polar surface area (TPSA) is 0 Å². The highest BCUT2D eigenvalue weighted by Gasteiger charge is 2.29. The Hall–Kier alpha value is -3.56. The van der Waals surface area contributed by atoms with Crippen molar-refractivity contribution in [1.82, 2.24) is 0 Å². The van der Waals surface area contributed by atoms with Gasteiger partial charge in [0, 0.05) is 0 Å². The van der Waals surface area contributed by atoms with E-state index in [0.717, 1.165) is 0 Å². The van der Waals surface area contributed by atoms with E-state index < -0.39 is 0 Å². The average molecular weight is 354 g/mol. The molecule has 0 aromatic heterocycles. The summed E-state index contributed by atoms with van der Waals surface area (Å²) in [5.74, 6) is 7.63. The van der Waals surface area contributed by atoms with E-state index in [1.54, 1.807) is 0 Å². The fourth-order valence-corrected chi connectivity index (χ4v) is 4.79. The van der Waals surface area contributed by atoms with Gasteiger partial charge in [-0.25, -0.2) is 0 Å². The van der Waals surface area contributed by atoms with Crippen molar-refractivity contribution in [3.05, 3.63) is 119 Å². The van der Waals surface area contributed by atoms with Gasteiger partial charge in [0.05, 0.1) is 11.8 Å². The van der Waals surface area contributed by atoms with Crippen molar-refractivity contribution in [2.45, 2.75) is 11.8 Å². The minimum Gasteiger partial charge on any atom is -0.0892 e. The lowest BCUT2D eigenvalue weighted by Gasteiger charge is -2.08. The minimum absolute atomic E-state index is 0.146. The first-order valence-electron chi connectivity index (χ1n) is 9.79. The van der Waals surface area contributed by atoms with Gasteiger partial charge in [-0.15, -0.1) is 0 Å². The van der Waals surface area contributed by atoms with E-state index >= 15 is 0 Å². The molecule has 2 aliphatic carbocycles. The molecule has 0 fully saturated rings. The summed E-state index contributed by atoms with van der Waals surface area (Å²) in [6, 6.07) is 34.8. The summed E-state index contributed by atoms with van der Waals surface area (Å²) in [5.41, 5.74) is 10.6. The maximum absolute atomic E-state index is 3.67. The molecule has 0 amide bonds. The third kappa shape index (κ3) is 2.14. The second-order valence-electron chi connectivity index (χ2n) is 7.50.